The van der Waals surface area contributed by atoms with E-state index >= 15 is 0 Å². The normalized spacial score (nSPS) is 19.1. The topological polar surface area (TPSA) is 52.6 Å². The molecule has 0 spiro atoms. The molecule has 108 valence electrons. The molecular formula is C13H28N2O2W. The Hall–Kier alpha value is 0.0783. The second kappa shape index (κ2) is 12.1. The minimum atomic E-state index is -0.167. The number of piperazine rings is 1. The molecule has 1 amide bonds. The Morgan fingerprint density at radius 2 is 1.94 bits per heavy atom. The molecule has 0 radical (unpaired) electrons. The van der Waals surface area contributed by atoms with Gasteiger partial charge >= 0.3 is 0 Å². The Morgan fingerprint density at radius 1 is 1.39 bits per heavy atom. The summed E-state index contributed by atoms with van der Waals surface area (Å²) in [7, 11) is 0. The minimum absolute atomic E-state index is 0. The van der Waals surface area contributed by atoms with E-state index in [1.165, 1.54) is 12.8 Å². The number of carbonyl (C=O) groups is 1. The summed E-state index contributed by atoms with van der Waals surface area (Å²) in [6.45, 7) is 10.1. The van der Waals surface area contributed by atoms with E-state index in [0.29, 0.717) is 12.6 Å². The predicted octanol–water partition coefficient (Wildman–Crippen LogP) is 1.38. The maximum atomic E-state index is 11.4. The number of carbonyl (C=O) groups excluding carboxylic acids is 1. The second-order valence-corrected chi connectivity index (χ2v) is 4.80. The largest absolute Gasteiger partial charge is 0.394 e. The number of nitrogens with one attached hydrogen (secondary N) is 1. The van der Waals surface area contributed by atoms with Crippen LogP contribution in [0.3, 0.4) is 0 Å². The number of aliphatic hydroxyl groups excluding tert-OH is 1. The summed E-state index contributed by atoms with van der Waals surface area (Å²) in [5.41, 5.74) is 0. The van der Waals surface area contributed by atoms with Crippen LogP contribution in [0.1, 0.15) is 47.0 Å². The molecule has 18 heavy (non-hydrogen) atoms. The predicted molar refractivity (Wildman–Crippen MR) is 70.9 cm³/mol. The molecule has 2 N–H and O–H groups in total. The molecule has 4 nitrogen and oxygen atoms in total. The van der Waals surface area contributed by atoms with Crippen LogP contribution >= 0.6 is 0 Å². The fraction of sp³-hybridized carbons (Fsp3) is 0.923. The smallest absolute Gasteiger partial charge is 0.236 e. The first kappa shape index (κ1) is 20.4. The van der Waals surface area contributed by atoms with Gasteiger partial charge in [0.2, 0.25) is 5.91 Å². The third-order valence-electron chi connectivity index (χ3n) is 2.47. The van der Waals surface area contributed by atoms with Gasteiger partial charge in [-0.25, -0.2) is 0 Å². The SMILES string of the molecule is CC(C)O.CCCC1CN(CCC)C(=O)CN1.[W]. The van der Waals surface area contributed by atoms with Crippen LogP contribution in [0, 0.1) is 0 Å². The third-order valence-corrected chi connectivity index (χ3v) is 2.47. The van der Waals surface area contributed by atoms with Crippen LogP contribution in [0.5, 0.6) is 0 Å². The van der Waals surface area contributed by atoms with E-state index in [1.807, 2.05) is 4.90 Å². The average molecular weight is 428 g/mol. The number of amides is 1. The molecule has 1 aliphatic rings. The Bertz CT molecular complexity index is 210. The van der Waals surface area contributed by atoms with E-state index in [0.717, 1.165) is 19.5 Å². The zero-order valence-corrected chi connectivity index (χ0v) is 15.0. The third kappa shape index (κ3) is 10.0. The summed E-state index contributed by atoms with van der Waals surface area (Å²) in [6, 6.07) is 0.522. The standard InChI is InChI=1S/C10H20N2O.C3H8O.W/c1-3-5-9-8-12(6-4-2)10(13)7-11-9;1-3(2)4;/h9,11H,3-8H2,1-2H3;3-4H,1-2H3;. The molecule has 0 aromatic heterocycles. The van der Waals surface area contributed by atoms with Gasteiger partial charge in [-0.3, -0.25) is 4.79 Å². The van der Waals surface area contributed by atoms with E-state index in [9.17, 15) is 4.79 Å². The van der Waals surface area contributed by atoms with Crippen LogP contribution in [-0.4, -0.2) is 47.7 Å². The molecule has 1 heterocycles. The van der Waals surface area contributed by atoms with Gasteiger partial charge in [-0.05, 0) is 26.7 Å². The van der Waals surface area contributed by atoms with E-state index < -0.39 is 0 Å². The van der Waals surface area contributed by atoms with Crippen molar-refractivity contribution in [3.8, 4) is 0 Å². The van der Waals surface area contributed by atoms with Crippen LogP contribution in [0.25, 0.3) is 0 Å². The summed E-state index contributed by atoms with van der Waals surface area (Å²) in [5.74, 6) is 0.259. The first-order chi connectivity index (χ1) is 8.01. The number of nitrogens with zero attached hydrogens (tertiary/aromatic N) is 1. The number of aliphatic hydroxyl groups is 1. The van der Waals surface area contributed by atoms with Gasteiger partial charge in [-0.1, -0.05) is 20.3 Å². The minimum Gasteiger partial charge on any atom is -0.394 e. The van der Waals surface area contributed by atoms with Gasteiger partial charge in [0.25, 0.3) is 0 Å². The van der Waals surface area contributed by atoms with E-state index in [2.05, 4.69) is 19.2 Å². The van der Waals surface area contributed by atoms with Crippen molar-refractivity contribution in [2.24, 2.45) is 0 Å². The Balaban J connectivity index is 0. The summed E-state index contributed by atoms with van der Waals surface area (Å²) in [6.07, 6.45) is 3.25. The van der Waals surface area contributed by atoms with E-state index in [4.69, 9.17) is 5.11 Å². The van der Waals surface area contributed by atoms with Crippen molar-refractivity contribution in [3.63, 3.8) is 0 Å². The summed E-state index contributed by atoms with van der Waals surface area (Å²) >= 11 is 0. The van der Waals surface area contributed by atoms with Gasteiger partial charge in [0.1, 0.15) is 0 Å². The number of rotatable bonds is 4. The Kier molecular flexibility index (Phi) is 13.7. The molecule has 1 fully saturated rings. The monoisotopic (exact) mass is 428 g/mol. The molecule has 0 aromatic carbocycles. The zero-order chi connectivity index (χ0) is 13.3. The Labute approximate surface area is 126 Å². The maximum Gasteiger partial charge on any atom is 0.236 e. The molecule has 5 heteroatoms. The summed E-state index contributed by atoms with van der Waals surface area (Å²) < 4.78 is 0. The number of hydrogen-bond donors (Lipinski definition) is 2. The number of hydrogen-bond acceptors (Lipinski definition) is 3. The fourth-order valence-electron chi connectivity index (χ4n) is 1.80. The Morgan fingerprint density at radius 3 is 2.39 bits per heavy atom. The van der Waals surface area contributed by atoms with Crippen LogP contribution in [0.2, 0.25) is 0 Å². The van der Waals surface area contributed by atoms with Crippen molar-refractivity contribution < 1.29 is 31.0 Å². The van der Waals surface area contributed by atoms with Gasteiger partial charge in [0.05, 0.1) is 6.54 Å². The molecular weight excluding hydrogens is 400 g/mol. The zero-order valence-electron chi connectivity index (χ0n) is 12.1. The van der Waals surface area contributed by atoms with Gasteiger partial charge < -0.3 is 15.3 Å². The van der Waals surface area contributed by atoms with Crippen molar-refractivity contribution >= 4 is 5.91 Å². The van der Waals surface area contributed by atoms with Crippen LogP contribution in [0.4, 0.5) is 0 Å². The van der Waals surface area contributed by atoms with Crippen molar-refractivity contribution in [1.29, 1.82) is 0 Å². The van der Waals surface area contributed by atoms with Crippen LogP contribution < -0.4 is 5.32 Å². The molecule has 0 saturated carbocycles. The fourth-order valence-corrected chi connectivity index (χ4v) is 1.80. The maximum absolute atomic E-state index is 11.4. The molecule has 1 rings (SSSR count). The molecule has 1 aliphatic heterocycles. The molecule has 0 bridgehead atoms. The van der Waals surface area contributed by atoms with Crippen molar-refractivity contribution in [1.82, 2.24) is 10.2 Å². The van der Waals surface area contributed by atoms with Crippen molar-refractivity contribution in [3.05, 3.63) is 0 Å². The second-order valence-electron chi connectivity index (χ2n) is 4.80. The van der Waals surface area contributed by atoms with Gasteiger partial charge in [-0.15, -0.1) is 0 Å². The van der Waals surface area contributed by atoms with Crippen molar-refractivity contribution in [2.45, 2.75) is 59.1 Å². The molecule has 0 aromatic rings. The average Bonchev–Trinajstić information content (AvgIpc) is 2.23. The molecule has 1 saturated heterocycles. The van der Waals surface area contributed by atoms with Crippen LogP contribution in [0.15, 0.2) is 0 Å². The quantitative estimate of drug-likeness (QED) is 0.712. The van der Waals surface area contributed by atoms with E-state index in [-0.39, 0.29) is 33.1 Å². The summed E-state index contributed by atoms with van der Waals surface area (Å²) in [5, 5.41) is 11.3. The van der Waals surface area contributed by atoms with Crippen LogP contribution in [-0.2, 0) is 25.9 Å². The molecule has 1 unspecified atom stereocenters. The molecule has 1 atom stereocenters. The van der Waals surface area contributed by atoms with E-state index in [1.54, 1.807) is 13.8 Å². The summed E-state index contributed by atoms with van der Waals surface area (Å²) in [4.78, 5) is 13.4. The van der Waals surface area contributed by atoms with Crippen molar-refractivity contribution in [2.75, 3.05) is 19.6 Å². The van der Waals surface area contributed by atoms with Gasteiger partial charge in [-0.2, -0.15) is 0 Å². The molecule has 0 aliphatic carbocycles. The first-order valence-electron chi connectivity index (χ1n) is 6.70. The van der Waals surface area contributed by atoms with Gasteiger partial charge in [0.15, 0.2) is 0 Å². The van der Waals surface area contributed by atoms with Gasteiger partial charge in [0, 0.05) is 46.3 Å². The first-order valence-corrected chi connectivity index (χ1v) is 6.70.